The summed E-state index contributed by atoms with van der Waals surface area (Å²) in [5.41, 5.74) is -0.377. The lowest BCUT2D eigenvalue weighted by atomic mass is 9.96. The van der Waals surface area contributed by atoms with Crippen molar-refractivity contribution in [1.82, 2.24) is 9.78 Å². The van der Waals surface area contributed by atoms with Crippen molar-refractivity contribution in [3.63, 3.8) is 0 Å². The molecule has 1 aromatic heterocycles. The number of rotatable bonds is 1. The quantitative estimate of drug-likeness (QED) is 0.775. The van der Waals surface area contributed by atoms with E-state index < -0.39 is 0 Å². The first-order valence-corrected chi connectivity index (χ1v) is 5.21. The van der Waals surface area contributed by atoms with Crippen LogP contribution in [-0.2, 0) is 11.8 Å². The normalized spacial score (nSPS) is 10.3. The second kappa shape index (κ2) is 5.53. The average Bonchev–Trinajstić information content (AvgIpc) is 2.53. The Bertz CT molecular complexity index is 310. The molecule has 86 valence electrons. The zero-order valence-electron chi connectivity index (χ0n) is 10.5. The first-order chi connectivity index (χ1) is 6.89. The summed E-state index contributed by atoms with van der Waals surface area (Å²) in [6.07, 6.45) is 1.79. The highest BCUT2D eigenvalue weighted by atomic mass is 16.2. The smallest absolute Gasteiger partial charge is 0.230 e. The van der Waals surface area contributed by atoms with E-state index in [1.54, 1.807) is 16.9 Å². The van der Waals surface area contributed by atoms with E-state index in [9.17, 15) is 4.79 Å². The summed E-state index contributed by atoms with van der Waals surface area (Å²) < 4.78 is 1.65. The number of nitrogens with zero attached hydrogens (tertiary/aromatic N) is 2. The fraction of sp³-hybridized carbons (Fsp3) is 0.636. The first-order valence-electron chi connectivity index (χ1n) is 5.21. The van der Waals surface area contributed by atoms with Crippen LogP contribution in [0.25, 0.3) is 0 Å². The molecule has 0 unspecified atom stereocenters. The van der Waals surface area contributed by atoms with Crippen molar-refractivity contribution in [2.75, 3.05) is 5.32 Å². The molecule has 0 bridgehead atoms. The van der Waals surface area contributed by atoms with E-state index >= 15 is 0 Å². The predicted molar refractivity (Wildman–Crippen MR) is 62.6 cm³/mol. The van der Waals surface area contributed by atoms with Gasteiger partial charge in [-0.05, 0) is 0 Å². The molecular weight excluding hydrogens is 190 g/mol. The molecule has 15 heavy (non-hydrogen) atoms. The maximum Gasteiger partial charge on any atom is 0.230 e. The summed E-state index contributed by atoms with van der Waals surface area (Å²) in [5, 5.41) is 6.78. The van der Waals surface area contributed by atoms with E-state index in [0.29, 0.717) is 5.82 Å². The Morgan fingerprint density at radius 2 is 1.93 bits per heavy atom. The summed E-state index contributed by atoms with van der Waals surface area (Å²) in [5.74, 6) is 0.577. The van der Waals surface area contributed by atoms with E-state index in [1.807, 2.05) is 41.7 Å². The molecule has 0 aliphatic rings. The van der Waals surface area contributed by atoms with Crippen molar-refractivity contribution in [3.05, 3.63) is 12.3 Å². The number of hydrogen-bond donors (Lipinski definition) is 1. The van der Waals surface area contributed by atoms with Crippen LogP contribution in [0.4, 0.5) is 5.82 Å². The lowest BCUT2D eigenvalue weighted by Crippen LogP contribution is -2.27. The van der Waals surface area contributed by atoms with Gasteiger partial charge < -0.3 is 5.32 Å². The van der Waals surface area contributed by atoms with Gasteiger partial charge in [-0.15, -0.1) is 0 Å². The molecule has 1 amide bonds. The summed E-state index contributed by atoms with van der Waals surface area (Å²) in [7, 11) is 1.81. The first kappa shape index (κ1) is 13.7. The van der Waals surface area contributed by atoms with E-state index in [4.69, 9.17) is 0 Å². The van der Waals surface area contributed by atoms with Crippen LogP contribution in [0, 0.1) is 5.41 Å². The molecule has 1 aromatic rings. The van der Waals surface area contributed by atoms with Crippen LogP contribution in [0.5, 0.6) is 0 Å². The van der Waals surface area contributed by atoms with Gasteiger partial charge >= 0.3 is 0 Å². The number of carbonyl (C=O) groups is 1. The zero-order chi connectivity index (χ0) is 12.1. The Hall–Kier alpha value is -1.32. The molecule has 0 aliphatic carbocycles. The van der Waals surface area contributed by atoms with Crippen molar-refractivity contribution in [2.24, 2.45) is 12.5 Å². The van der Waals surface area contributed by atoms with Crippen LogP contribution in [0.3, 0.4) is 0 Å². The number of nitrogens with one attached hydrogen (secondary N) is 1. The van der Waals surface area contributed by atoms with Crippen LogP contribution >= 0.6 is 0 Å². The monoisotopic (exact) mass is 211 g/mol. The van der Waals surface area contributed by atoms with Crippen molar-refractivity contribution in [1.29, 1.82) is 0 Å². The number of aryl methyl sites for hydroxylation is 1. The molecule has 0 spiro atoms. The van der Waals surface area contributed by atoms with Crippen molar-refractivity contribution >= 4 is 11.7 Å². The zero-order valence-corrected chi connectivity index (χ0v) is 10.5. The molecule has 0 saturated heterocycles. The molecule has 0 aliphatic heterocycles. The minimum absolute atomic E-state index is 0.0220. The minimum Gasteiger partial charge on any atom is -0.309 e. The maximum atomic E-state index is 11.5. The van der Waals surface area contributed by atoms with Gasteiger partial charge in [0.25, 0.3) is 0 Å². The SMILES string of the molecule is CC.Cn1ccc(NC(=O)C(C)(C)C)n1. The van der Waals surface area contributed by atoms with Gasteiger partial charge in [-0.25, -0.2) is 0 Å². The third kappa shape index (κ3) is 4.63. The summed E-state index contributed by atoms with van der Waals surface area (Å²) >= 11 is 0. The lowest BCUT2D eigenvalue weighted by molar-refractivity contribution is -0.123. The van der Waals surface area contributed by atoms with Gasteiger partial charge in [0.05, 0.1) is 0 Å². The number of amides is 1. The topological polar surface area (TPSA) is 46.9 Å². The Kier molecular flexibility index (Phi) is 5.05. The van der Waals surface area contributed by atoms with Crippen molar-refractivity contribution in [3.8, 4) is 0 Å². The van der Waals surface area contributed by atoms with Crippen LogP contribution in [-0.4, -0.2) is 15.7 Å². The standard InChI is InChI=1S/C9H15N3O.C2H6/c1-9(2,3)8(13)10-7-5-6-12(4)11-7;1-2/h5-6H,1-4H3,(H,10,11,13);1-2H3. The third-order valence-electron chi connectivity index (χ3n) is 1.64. The van der Waals surface area contributed by atoms with E-state index in [-0.39, 0.29) is 11.3 Å². The second-order valence-electron chi connectivity index (χ2n) is 4.08. The predicted octanol–water partition coefficient (Wildman–Crippen LogP) is 2.43. The average molecular weight is 211 g/mol. The second-order valence-corrected chi connectivity index (χ2v) is 4.08. The number of anilines is 1. The van der Waals surface area contributed by atoms with Gasteiger partial charge in [0.2, 0.25) is 5.91 Å². The van der Waals surface area contributed by atoms with Gasteiger partial charge in [-0.1, -0.05) is 34.6 Å². The van der Waals surface area contributed by atoms with Crippen LogP contribution in [0.2, 0.25) is 0 Å². The van der Waals surface area contributed by atoms with Crippen molar-refractivity contribution < 1.29 is 4.79 Å². The Balaban J connectivity index is 0.000000921. The molecule has 1 N–H and O–H groups in total. The van der Waals surface area contributed by atoms with Gasteiger partial charge in [0.15, 0.2) is 5.82 Å². The fourth-order valence-corrected chi connectivity index (χ4v) is 0.786. The number of aromatic nitrogens is 2. The highest BCUT2D eigenvalue weighted by molar-refractivity contribution is 5.93. The number of hydrogen-bond acceptors (Lipinski definition) is 2. The van der Waals surface area contributed by atoms with Crippen LogP contribution in [0.1, 0.15) is 34.6 Å². The highest BCUT2D eigenvalue weighted by Gasteiger charge is 2.21. The Labute approximate surface area is 91.7 Å². The van der Waals surface area contributed by atoms with E-state index in [0.717, 1.165) is 0 Å². The molecule has 1 rings (SSSR count). The summed E-state index contributed by atoms with van der Waals surface area (Å²) in [6, 6.07) is 1.77. The molecule has 0 aromatic carbocycles. The third-order valence-corrected chi connectivity index (χ3v) is 1.64. The van der Waals surface area contributed by atoms with E-state index in [2.05, 4.69) is 10.4 Å². The Morgan fingerprint density at radius 1 is 1.40 bits per heavy atom. The molecule has 0 radical (unpaired) electrons. The molecule has 0 atom stereocenters. The van der Waals surface area contributed by atoms with Gasteiger partial charge in [0, 0.05) is 24.7 Å². The molecule has 1 heterocycles. The minimum atomic E-state index is -0.377. The van der Waals surface area contributed by atoms with Gasteiger partial charge in [-0.2, -0.15) is 5.10 Å². The molecular formula is C11H21N3O. The number of carbonyl (C=O) groups excluding carboxylic acids is 1. The van der Waals surface area contributed by atoms with Crippen LogP contribution < -0.4 is 5.32 Å². The highest BCUT2D eigenvalue weighted by Crippen LogP contribution is 2.15. The fourth-order valence-electron chi connectivity index (χ4n) is 0.786. The molecule has 0 saturated carbocycles. The lowest BCUT2D eigenvalue weighted by Gasteiger charge is -2.16. The van der Waals surface area contributed by atoms with Gasteiger partial charge in [0.1, 0.15) is 0 Å². The van der Waals surface area contributed by atoms with Crippen LogP contribution in [0.15, 0.2) is 12.3 Å². The summed E-state index contributed by atoms with van der Waals surface area (Å²) in [6.45, 7) is 9.60. The molecule has 0 fully saturated rings. The Morgan fingerprint density at radius 3 is 2.27 bits per heavy atom. The molecule has 4 nitrogen and oxygen atoms in total. The largest absolute Gasteiger partial charge is 0.309 e. The van der Waals surface area contributed by atoms with Crippen molar-refractivity contribution in [2.45, 2.75) is 34.6 Å². The molecule has 4 heteroatoms. The maximum absolute atomic E-state index is 11.5. The summed E-state index contributed by atoms with van der Waals surface area (Å²) in [4.78, 5) is 11.5. The van der Waals surface area contributed by atoms with E-state index in [1.165, 1.54) is 0 Å². The van der Waals surface area contributed by atoms with Gasteiger partial charge in [-0.3, -0.25) is 9.48 Å².